The van der Waals surface area contributed by atoms with E-state index in [1.54, 1.807) is 14.2 Å². The minimum absolute atomic E-state index is 0.117. The molecule has 32 heavy (non-hydrogen) atoms. The summed E-state index contributed by atoms with van der Waals surface area (Å²) in [6.45, 7) is 7.29. The molecule has 1 aromatic carbocycles. The predicted octanol–water partition coefficient (Wildman–Crippen LogP) is 5.39. The van der Waals surface area contributed by atoms with Crippen LogP contribution in [0.25, 0.3) is 0 Å². The molecule has 1 fully saturated rings. The number of ether oxygens (including phenoxy) is 5. The highest BCUT2D eigenvalue weighted by molar-refractivity contribution is 5.55. The molecule has 0 saturated heterocycles. The van der Waals surface area contributed by atoms with Crippen LogP contribution in [-0.2, 0) is 33.8 Å². The van der Waals surface area contributed by atoms with Crippen LogP contribution in [0.15, 0.2) is 29.9 Å². The van der Waals surface area contributed by atoms with Crippen molar-refractivity contribution in [3.8, 4) is 11.5 Å². The molecule has 2 unspecified atom stereocenters. The van der Waals surface area contributed by atoms with E-state index in [-0.39, 0.29) is 5.60 Å². The molecule has 176 valence electrons. The van der Waals surface area contributed by atoms with Crippen LogP contribution in [0.5, 0.6) is 11.5 Å². The van der Waals surface area contributed by atoms with Gasteiger partial charge in [-0.15, -0.1) is 0 Å². The molecular formula is C27H38O5. The maximum Gasteiger partial charge on any atom is 0.131 e. The number of hydrogen-bond donors (Lipinski definition) is 0. The summed E-state index contributed by atoms with van der Waals surface area (Å²) in [5.41, 5.74) is 4.64. The molecule has 0 radical (unpaired) electrons. The normalized spacial score (nSPS) is 23.9. The molecule has 1 saturated carbocycles. The molecule has 1 heterocycles. The van der Waals surface area contributed by atoms with E-state index in [2.05, 4.69) is 32.1 Å². The summed E-state index contributed by atoms with van der Waals surface area (Å²) < 4.78 is 29.3. The van der Waals surface area contributed by atoms with Crippen LogP contribution in [0, 0.1) is 11.8 Å². The van der Waals surface area contributed by atoms with Gasteiger partial charge in [-0.25, -0.2) is 0 Å². The molecule has 3 aliphatic rings. The van der Waals surface area contributed by atoms with Crippen molar-refractivity contribution in [2.45, 2.75) is 64.8 Å². The molecule has 1 aliphatic heterocycles. The molecule has 2 aliphatic carbocycles. The van der Waals surface area contributed by atoms with E-state index in [4.69, 9.17) is 23.7 Å². The molecule has 5 nitrogen and oxygen atoms in total. The third kappa shape index (κ3) is 4.75. The van der Waals surface area contributed by atoms with Crippen LogP contribution in [0.1, 0.15) is 56.2 Å². The van der Waals surface area contributed by atoms with Gasteiger partial charge in [0.25, 0.3) is 0 Å². The van der Waals surface area contributed by atoms with Gasteiger partial charge in [0.15, 0.2) is 0 Å². The van der Waals surface area contributed by atoms with Crippen molar-refractivity contribution in [1.82, 2.24) is 0 Å². The predicted molar refractivity (Wildman–Crippen MR) is 125 cm³/mol. The monoisotopic (exact) mass is 442 g/mol. The molecular weight excluding hydrogens is 404 g/mol. The third-order valence-electron chi connectivity index (χ3n) is 6.99. The van der Waals surface area contributed by atoms with Gasteiger partial charge in [0.1, 0.15) is 18.1 Å². The van der Waals surface area contributed by atoms with Gasteiger partial charge in [-0.3, -0.25) is 0 Å². The number of benzene rings is 1. The second-order valence-electron chi connectivity index (χ2n) is 9.14. The van der Waals surface area contributed by atoms with Crippen LogP contribution in [0.4, 0.5) is 0 Å². The average Bonchev–Trinajstić information content (AvgIpc) is 3.32. The number of hydrogen-bond acceptors (Lipinski definition) is 5. The molecule has 0 bridgehead atoms. The molecule has 0 spiro atoms. The van der Waals surface area contributed by atoms with Gasteiger partial charge in [-0.2, -0.15) is 0 Å². The SMILES string of the molecule is CCCC(CC)C1=CC2C[C@@]2(OCCOc2c(COC)cc3c(c2COC)CCO3)C=C1. The highest BCUT2D eigenvalue weighted by Gasteiger charge is 2.53. The first-order chi connectivity index (χ1) is 15.7. The lowest BCUT2D eigenvalue weighted by Gasteiger charge is -2.22. The smallest absolute Gasteiger partial charge is 0.131 e. The van der Waals surface area contributed by atoms with Gasteiger partial charge < -0.3 is 23.7 Å². The lowest BCUT2D eigenvalue weighted by Crippen LogP contribution is -2.21. The van der Waals surface area contributed by atoms with E-state index in [1.807, 2.05) is 6.07 Å². The Kier molecular flexibility index (Phi) is 7.59. The summed E-state index contributed by atoms with van der Waals surface area (Å²) in [4.78, 5) is 0. The third-order valence-corrected chi connectivity index (χ3v) is 6.99. The minimum atomic E-state index is -0.117. The van der Waals surface area contributed by atoms with Gasteiger partial charge in [-0.05, 0) is 36.8 Å². The van der Waals surface area contributed by atoms with Gasteiger partial charge >= 0.3 is 0 Å². The summed E-state index contributed by atoms with van der Waals surface area (Å²) in [6, 6.07) is 2.05. The summed E-state index contributed by atoms with van der Waals surface area (Å²) >= 11 is 0. The van der Waals surface area contributed by atoms with Gasteiger partial charge in [0.05, 0.1) is 32.0 Å². The molecule has 0 aromatic heterocycles. The fourth-order valence-corrected chi connectivity index (χ4v) is 5.21. The standard InChI is InChI=1S/C27H38O5/c1-5-7-19(6-2)20-8-10-27(16-22(27)14-20)32-13-12-31-26-21(17-28-3)15-25-23(9-11-30-25)24(26)18-29-4/h8,10,14-15,19,22H,5-7,9,11-13,16-18H2,1-4H3/t19?,22?,27-/m0/s1. The summed E-state index contributed by atoms with van der Waals surface area (Å²) in [5, 5.41) is 0. The lowest BCUT2D eigenvalue weighted by atomic mass is 9.88. The fourth-order valence-electron chi connectivity index (χ4n) is 5.21. The first-order valence-corrected chi connectivity index (χ1v) is 12.1. The van der Waals surface area contributed by atoms with Crippen LogP contribution < -0.4 is 9.47 Å². The van der Waals surface area contributed by atoms with E-state index in [9.17, 15) is 0 Å². The molecule has 0 amide bonds. The number of fused-ring (bicyclic) bond motifs is 2. The highest BCUT2D eigenvalue weighted by atomic mass is 16.5. The zero-order valence-corrected chi connectivity index (χ0v) is 20.1. The molecule has 4 rings (SSSR count). The Hall–Kier alpha value is -1.82. The van der Waals surface area contributed by atoms with E-state index in [0.717, 1.165) is 35.5 Å². The fraction of sp³-hybridized carbons (Fsp3) is 0.630. The van der Waals surface area contributed by atoms with Crippen molar-refractivity contribution in [1.29, 1.82) is 0 Å². The Balaban J connectivity index is 1.37. The molecule has 5 heteroatoms. The van der Waals surface area contributed by atoms with Gasteiger partial charge in [0, 0.05) is 43.2 Å². The van der Waals surface area contributed by atoms with E-state index >= 15 is 0 Å². The second-order valence-corrected chi connectivity index (χ2v) is 9.14. The Morgan fingerprint density at radius 2 is 2.00 bits per heavy atom. The topological polar surface area (TPSA) is 46.2 Å². The highest BCUT2D eigenvalue weighted by Crippen LogP contribution is 2.53. The zero-order chi connectivity index (χ0) is 22.6. The Bertz CT molecular complexity index is 858. The van der Waals surface area contributed by atoms with Crippen LogP contribution in [0.3, 0.4) is 0 Å². The number of methoxy groups -OCH3 is 2. The quantitative estimate of drug-likeness (QED) is 0.383. The molecule has 1 aromatic rings. The van der Waals surface area contributed by atoms with Crippen LogP contribution in [-0.4, -0.2) is 39.6 Å². The largest absolute Gasteiger partial charge is 0.493 e. The van der Waals surface area contributed by atoms with Crippen molar-refractivity contribution < 1.29 is 23.7 Å². The summed E-state index contributed by atoms with van der Waals surface area (Å²) in [7, 11) is 3.41. The van der Waals surface area contributed by atoms with E-state index in [0.29, 0.717) is 44.9 Å². The summed E-state index contributed by atoms with van der Waals surface area (Å²) in [5.74, 6) is 2.98. The van der Waals surface area contributed by atoms with Crippen molar-refractivity contribution in [2.75, 3.05) is 34.0 Å². The average molecular weight is 443 g/mol. The minimum Gasteiger partial charge on any atom is -0.493 e. The van der Waals surface area contributed by atoms with Gasteiger partial charge in [-0.1, -0.05) is 38.5 Å². The Morgan fingerprint density at radius 1 is 1.16 bits per heavy atom. The van der Waals surface area contributed by atoms with Crippen LogP contribution in [0.2, 0.25) is 0 Å². The first-order valence-electron chi connectivity index (χ1n) is 12.1. The molecule has 0 N–H and O–H groups in total. The number of allylic oxidation sites excluding steroid dienone is 2. The first kappa shape index (κ1) is 23.3. The maximum absolute atomic E-state index is 6.34. The van der Waals surface area contributed by atoms with Gasteiger partial charge in [0.2, 0.25) is 0 Å². The Morgan fingerprint density at radius 3 is 2.72 bits per heavy atom. The van der Waals surface area contributed by atoms with Crippen LogP contribution >= 0.6 is 0 Å². The van der Waals surface area contributed by atoms with E-state index < -0.39 is 0 Å². The molecule has 3 atom stereocenters. The number of rotatable bonds is 13. The maximum atomic E-state index is 6.34. The zero-order valence-electron chi connectivity index (χ0n) is 20.1. The lowest BCUT2D eigenvalue weighted by molar-refractivity contribution is 0.0367. The van der Waals surface area contributed by atoms with Crippen molar-refractivity contribution in [3.63, 3.8) is 0 Å². The van der Waals surface area contributed by atoms with Crippen molar-refractivity contribution in [3.05, 3.63) is 46.6 Å². The van der Waals surface area contributed by atoms with Crippen molar-refractivity contribution in [2.24, 2.45) is 11.8 Å². The summed E-state index contributed by atoms with van der Waals surface area (Å²) in [6.07, 6.45) is 12.7. The Labute approximate surface area is 192 Å². The van der Waals surface area contributed by atoms with E-state index in [1.165, 1.54) is 30.4 Å². The van der Waals surface area contributed by atoms with Crippen molar-refractivity contribution >= 4 is 0 Å². The second kappa shape index (κ2) is 10.4.